The van der Waals surface area contributed by atoms with E-state index in [1.807, 2.05) is 0 Å². The summed E-state index contributed by atoms with van der Waals surface area (Å²) in [6.45, 7) is 2.91. The molecule has 1 N–H and O–H groups in total. The summed E-state index contributed by atoms with van der Waals surface area (Å²) in [7, 11) is 0. The molecule has 0 aliphatic carbocycles. The lowest BCUT2D eigenvalue weighted by molar-refractivity contribution is 0.573. The van der Waals surface area contributed by atoms with Crippen LogP contribution >= 0.6 is 34.7 Å². The fraction of sp³-hybridized carbons (Fsp3) is 0.308. The van der Waals surface area contributed by atoms with E-state index in [4.69, 9.17) is 11.6 Å². The summed E-state index contributed by atoms with van der Waals surface area (Å²) in [4.78, 5) is 5.52. The summed E-state index contributed by atoms with van der Waals surface area (Å²) < 4.78 is 0.740. The van der Waals surface area contributed by atoms with Crippen LogP contribution in [0.25, 0.3) is 0 Å². The number of thioether (sulfide) groups is 1. The molecule has 0 aliphatic rings. The third-order valence-corrected chi connectivity index (χ3v) is 4.56. The van der Waals surface area contributed by atoms with Gasteiger partial charge in [0.25, 0.3) is 0 Å². The van der Waals surface area contributed by atoms with Gasteiger partial charge in [0.1, 0.15) is 9.34 Å². The van der Waals surface area contributed by atoms with Crippen LogP contribution in [0.2, 0.25) is 4.34 Å². The molecule has 2 rings (SSSR count). The van der Waals surface area contributed by atoms with Gasteiger partial charge in [-0.15, -0.1) is 23.1 Å². The smallest absolute Gasteiger partial charge is 0.113 e. The van der Waals surface area contributed by atoms with Crippen LogP contribution in [-0.4, -0.2) is 11.2 Å². The second-order valence-corrected chi connectivity index (χ2v) is 6.56. The van der Waals surface area contributed by atoms with Crippen molar-refractivity contribution >= 4 is 34.7 Å². The number of benzene rings is 1. The quantitative estimate of drug-likeness (QED) is 0.830. The molecule has 2 aromatic rings. The number of rotatable bonds is 5. The van der Waals surface area contributed by atoms with E-state index in [0.717, 1.165) is 15.9 Å². The average molecular weight is 299 g/mol. The van der Waals surface area contributed by atoms with Crippen molar-refractivity contribution < 1.29 is 0 Å². The van der Waals surface area contributed by atoms with Gasteiger partial charge < -0.3 is 5.32 Å². The number of halogens is 1. The molecule has 1 atom stereocenters. The third kappa shape index (κ3) is 3.72. The van der Waals surface area contributed by atoms with Crippen molar-refractivity contribution in [2.24, 2.45) is 0 Å². The van der Waals surface area contributed by atoms with E-state index >= 15 is 0 Å². The zero-order valence-corrected chi connectivity index (χ0v) is 12.7. The third-order valence-electron chi connectivity index (χ3n) is 2.70. The number of nitrogens with zero attached hydrogens (tertiary/aromatic N) is 1. The van der Waals surface area contributed by atoms with Gasteiger partial charge >= 0.3 is 0 Å². The number of hydrogen-bond donors (Lipinski definition) is 1. The van der Waals surface area contributed by atoms with Crippen molar-refractivity contribution in [1.82, 2.24) is 10.3 Å². The first-order valence-corrected chi connectivity index (χ1v) is 8.08. The van der Waals surface area contributed by atoms with Crippen molar-refractivity contribution in [2.75, 3.05) is 6.26 Å². The standard InChI is InChI=1S/C13H15ClN2S2/c1-9(10-3-5-11(17-2)6-4-10)15-8-13-16-7-12(14)18-13/h3-7,9,15H,8H2,1-2H3. The van der Waals surface area contributed by atoms with Gasteiger partial charge in [-0.2, -0.15) is 0 Å². The minimum atomic E-state index is 0.309. The molecule has 1 aromatic carbocycles. The van der Waals surface area contributed by atoms with Crippen LogP contribution in [-0.2, 0) is 6.54 Å². The average Bonchev–Trinajstić information content (AvgIpc) is 2.82. The minimum absolute atomic E-state index is 0.309. The van der Waals surface area contributed by atoms with Gasteiger partial charge in [0, 0.05) is 17.5 Å². The van der Waals surface area contributed by atoms with Crippen LogP contribution in [0.5, 0.6) is 0 Å². The van der Waals surface area contributed by atoms with E-state index in [1.165, 1.54) is 21.8 Å². The lowest BCUT2D eigenvalue weighted by atomic mass is 10.1. The Morgan fingerprint density at radius 1 is 1.39 bits per heavy atom. The SMILES string of the molecule is CSc1ccc(C(C)NCc2ncc(Cl)s2)cc1. The molecule has 0 radical (unpaired) electrons. The summed E-state index contributed by atoms with van der Waals surface area (Å²) >= 11 is 9.13. The first-order chi connectivity index (χ1) is 8.69. The Balaban J connectivity index is 1.92. The van der Waals surface area contributed by atoms with Gasteiger partial charge in [-0.3, -0.25) is 0 Å². The molecule has 1 heterocycles. The number of nitrogens with one attached hydrogen (secondary N) is 1. The first-order valence-electron chi connectivity index (χ1n) is 5.66. The molecule has 0 saturated heterocycles. The lowest BCUT2D eigenvalue weighted by Gasteiger charge is -2.13. The van der Waals surface area contributed by atoms with E-state index in [-0.39, 0.29) is 0 Å². The highest BCUT2D eigenvalue weighted by Crippen LogP contribution is 2.21. The molecule has 1 aromatic heterocycles. The molecule has 96 valence electrons. The van der Waals surface area contributed by atoms with E-state index in [9.17, 15) is 0 Å². The van der Waals surface area contributed by atoms with Crippen LogP contribution in [0.4, 0.5) is 0 Å². The van der Waals surface area contributed by atoms with Crippen molar-refractivity contribution in [1.29, 1.82) is 0 Å². The summed E-state index contributed by atoms with van der Waals surface area (Å²) in [6.07, 6.45) is 3.78. The normalized spacial score (nSPS) is 12.6. The van der Waals surface area contributed by atoms with Crippen LogP contribution in [0, 0.1) is 0 Å². The molecule has 18 heavy (non-hydrogen) atoms. The van der Waals surface area contributed by atoms with Crippen LogP contribution in [0.15, 0.2) is 35.4 Å². The van der Waals surface area contributed by atoms with Gasteiger partial charge in [0.2, 0.25) is 0 Å². The highest BCUT2D eigenvalue weighted by Gasteiger charge is 2.06. The Hall–Kier alpha value is -0.550. The predicted octanol–water partition coefficient (Wildman–Crippen LogP) is 4.37. The Bertz CT molecular complexity index is 496. The van der Waals surface area contributed by atoms with Crippen LogP contribution < -0.4 is 5.32 Å². The van der Waals surface area contributed by atoms with Gasteiger partial charge in [-0.05, 0) is 30.9 Å². The maximum absolute atomic E-state index is 5.85. The lowest BCUT2D eigenvalue weighted by Crippen LogP contribution is -2.17. The molecule has 0 spiro atoms. The van der Waals surface area contributed by atoms with Crippen molar-refractivity contribution in [3.8, 4) is 0 Å². The Morgan fingerprint density at radius 2 is 2.11 bits per heavy atom. The first kappa shape index (κ1) is 13.9. The Labute approximate surface area is 121 Å². The van der Waals surface area contributed by atoms with Crippen molar-refractivity contribution in [3.05, 3.63) is 45.4 Å². The molecular weight excluding hydrogens is 284 g/mol. The second kappa shape index (κ2) is 6.57. The van der Waals surface area contributed by atoms with Gasteiger partial charge in [-0.1, -0.05) is 23.7 Å². The second-order valence-electron chi connectivity index (χ2n) is 3.93. The topological polar surface area (TPSA) is 24.9 Å². The summed E-state index contributed by atoms with van der Waals surface area (Å²) in [6, 6.07) is 8.94. The number of thiazole rings is 1. The molecular formula is C13H15ClN2S2. The Morgan fingerprint density at radius 3 is 2.67 bits per heavy atom. The number of hydrogen-bond acceptors (Lipinski definition) is 4. The van der Waals surface area contributed by atoms with Gasteiger partial charge in [0.15, 0.2) is 0 Å². The molecule has 0 fully saturated rings. The molecule has 0 bridgehead atoms. The molecule has 5 heteroatoms. The predicted molar refractivity (Wildman–Crippen MR) is 80.6 cm³/mol. The molecule has 0 aliphatic heterocycles. The maximum atomic E-state index is 5.85. The largest absolute Gasteiger partial charge is 0.304 e. The highest BCUT2D eigenvalue weighted by atomic mass is 35.5. The fourth-order valence-corrected chi connectivity index (χ4v) is 2.94. The minimum Gasteiger partial charge on any atom is -0.304 e. The summed E-state index contributed by atoms with van der Waals surface area (Å²) in [5.74, 6) is 0. The molecule has 0 amide bonds. The molecule has 1 unspecified atom stereocenters. The monoisotopic (exact) mass is 298 g/mol. The number of aromatic nitrogens is 1. The van der Waals surface area contributed by atoms with Crippen LogP contribution in [0.3, 0.4) is 0 Å². The van der Waals surface area contributed by atoms with Crippen LogP contribution in [0.1, 0.15) is 23.5 Å². The maximum Gasteiger partial charge on any atom is 0.113 e. The van der Waals surface area contributed by atoms with Crippen molar-refractivity contribution in [3.63, 3.8) is 0 Å². The van der Waals surface area contributed by atoms with E-state index in [2.05, 4.69) is 47.7 Å². The summed E-state index contributed by atoms with van der Waals surface area (Å²) in [5, 5.41) is 4.47. The summed E-state index contributed by atoms with van der Waals surface area (Å²) in [5.41, 5.74) is 1.29. The van der Waals surface area contributed by atoms with E-state index in [1.54, 1.807) is 18.0 Å². The zero-order chi connectivity index (χ0) is 13.0. The van der Waals surface area contributed by atoms with Crippen molar-refractivity contribution in [2.45, 2.75) is 24.4 Å². The molecule has 2 nitrogen and oxygen atoms in total. The zero-order valence-electron chi connectivity index (χ0n) is 10.3. The molecule has 0 saturated carbocycles. The van der Waals surface area contributed by atoms with Gasteiger partial charge in [-0.25, -0.2) is 4.98 Å². The van der Waals surface area contributed by atoms with E-state index in [0.29, 0.717) is 6.04 Å². The Kier molecular flexibility index (Phi) is 5.06. The van der Waals surface area contributed by atoms with E-state index < -0.39 is 0 Å². The highest BCUT2D eigenvalue weighted by molar-refractivity contribution is 7.98. The fourth-order valence-electron chi connectivity index (χ4n) is 1.62. The van der Waals surface area contributed by atoms with Gasteiger partial charge in [0.05, 0.1) is 6.20 Å².